The first-order valence-corrected chi connectivity index (χ1v) is 7.57. The Morgan fingerprint density at radius 3 is 2.54 bits per heavy atom. The van der Waals surface area contributed by atoms with Crippen LogP contribution in [0.5, 0.6) is 0 Å². The maximum Gasteiger partial charge on any atom is 0.278 e. The zero-order valence-electron chi connectivity index (χ0n) is 12.1. The summed E-state index contributed by atoms with van der Waals surface area (Å²) in [5.74, 6) is -2.17. The van der Waals surface area contributed by atoms with Gasteiger partial charge in [0, 0.05) is 10.6 Å². The Hall–Kier alpha value is -2.73. The molecule has 0 unspecified atom stereocenters. The second-order valence-corrected chi connectivity index (χ2v) is 5.92. The van der Waals surface area contributed by atoms with Crippen LogP contribution in [0.2, 0.25) is 5.02 Å². The number of halogens is 2. The predicted octanol–water partition coefficient (Wildman–Crippen LogP) is 2.77. The van der Waals surface area contributed by atoms with Crippen LogP contribution >= 0.6 is 11.6 Å². The molecule has 4 rings (SSSR count). The first kappa shape index (κ1) is 14.8. The van der Waals surface area contributed by atoms with Crippen molar-refractivity contribution in [2.24, 2.45) is 11.1 Å². The van der Waals surface area contributed by atoms with Crippen molar-refractivity contribution < 1.29 is 18.8 Å². The molecule has 0 N–H and O–H groups in total. The molecule has 2 heterocycles. The number of anilines is 1. The normalized spacial score (nSPS) is 22.4. The van der Waals surface area contributed by atoms with Gasteiger partial charge in [-0.3, -0.25) is 9.59 Å². The van der Waals surface area contributed by atoms with E-state index in [1.54, 1.807) is 18.2 Å². The van der Waals surface area contributed by atoms with Gasteiger partial charge < -0.3 is 4.84 Å². The van der Waals surface area contributed by atoms with Gasteiger partial charge >= 0.3 is 0 Å². The number of benzene rings is 2. The van der Waals surface area contributed by atoms with E-state index in [1.807, 2.05) is 0 Å². The van der Waals surface area contributed by atoms with Crippen molar-refractivity contribution in [2.45, 2.75) is 6.10 Å². The van der Waals surface area contributed by atoms with Crippen molar-refractivity contribution in [1.82, 2.24) is 0 Å². The summed E-state index contributed by atoms with van der Waals surface area (Å²) >= 11 is 5.94. The molecular formula is C17H10ClFN2O3. The molecule has 2 aliphatic rings. The predicted molar refractivity (Wildman–Crippen MR) is 85.2 cm³/mol. The highest BCUT2D eigenvalue weighted by Crippen LogP contribution is 2.35. The summed E-state index contributed by atoms with van der Waals surface area (Å²) in [5.41, 5.74) is 1.25. The molecule has 2 aromatic carbocycles. The number of hydrogen-bond donors (Lipinski definition) is 0. The highest BCUT2D eigenvalue weighted by Gasteiger charge is 2.56. The molecule has 2 amide bonds. The molecule has 7 heteroatoms. The van der Waals surface area contributed by atoms with Gasteiger partial charge in [-0.25, -0.2) is 9.29 Å². The molecule has 1 saturated heterocycles. The lowest BCUT2D eigenvalue weighted by Gasteiger charge is -2.15. The van der Waals surface area contributed by atoms with E-state index in [0.29, 0.717) is 22.0 Å². The zero-order chi connectivity index (χ0) is 16.8. The molecule has 0 aromatic heterocycles. The number of imide groups is 1. The van der Waals surface area contributed by atoms with Crippen LogP contribution in [-0.4, -0.2) is 23.6 Å². The van der Waals surface area contributed by atoms with Crippen LogP contribution in [0.25, 0.3) is 0 Å². The van der Waals surface area contributed by atoms with Crippen LogP contribution in [0.3, 0.4) is 0 Å². The fourth-order valence-corrected chi connectivity index (χ4v) is 3.09. The average Bonchev–Trinajstić information content (AvgIpc) is 3.09. The first-order chi connectivity index (χ1) is 11.6. The summed E-state index contributed by atoms with van der Waals surface area (Å²) < 4.78 is 13.1. The fourth-order valence-electron chi connectivity index (χ4n) is 2.91. The molecular weight excluding hydrogens is 335 g/mol. The lowest BCUT2D eigenvalue weighted by atomic mass is 9.94. The van der Waals surface area contributed by atoms with Crippen LogP contribution < -0.4 is 4.90 Å². The standard InChI is InChI=1S/C17H10ClFN2O3/c18-10-2-1-3-12(8-10)21-16(22)13-14(20-24-15(13)17(21)23)9-4-6-11(19)7-5-9/h1-8,13,15H/t13-,15+/m1/s1. The summed E-state index contributed by atoms with van der Waals surface area (Å²) in [6.45, 7) is 0. The average molecular weight is 345 g/mol. The van der Waals surface area contributed by atoms with Crippen molar-refractivity contribution in [1.29, 1.82) is 0 Å². The Labute approximate surface area is 141 Å². The molecule has 2 aliphatic heterocycles. The van der Waals surface area contributed by atoms with Crippen molar-refractivity contribution in [3.8, 4) is 0 Å². The molecule has 2 atom stereocenters. The minimum atomic E-state index is -1.00. The van der Waals surface area contributed by atoms with Crippen LogP contribution in [0.1, 0.15) is 5.56 Å². The zero-order valence-corrected chi connectivity index (χ0v) is 12.9. The van der Waals surface area contributed by atoms with Gasteiger partial charge in [0.25, 0.3) is 5.91 Å². The van der Waals surface area contributed by atoms with Gasteiger partial charge in [-0.15, -0.1) is 0 Å². The van der Waals surface area contributed by atoms with Crippen LogP contribution in [0.15, 0.2) is 53.7 Å². The Balaban J connectivity index is 1.71. The molecule has 120 valence electrons. The fraction of sp³-hybridized carbons (Fsp3) is 0.118. The Morgan fingerprint density at radius 1 is 1.08 bits per heavy atom. The molecule has 0 spiro atoms. The van der Waals surface area contributed by atoms with Gasteiger partial charge in [-0.1, -0.05) is 35.0 Å². The minimum absolute atomic E-state index is 0.322. The number of hydrogen-bond acceptors (Lipinski definition) is 4. The summed E-state index contributed by atoms with van der Waals surface area (Å²) in [6.07, 6.45) is -1.00. The maximum absolute atomic E-state index is 13.1. The van der Waals surface area contributed by atoms with E-state index in [0.717, 1.165) is 4.90 Å². The second kappa shape index (κ2) is 5.42. The van der Waals surface area contributed by atoms with E-state index in [9.17, 15) is 14.0 Å². The number of oxime groups is 1. The number of carbonyl (C=O) groups is 2. The van der Waals surface area contributed by atoms with Gasteiger partial charge in [0.15, 0.2) is 0 Å². The molecule has 0 saturated carbocycles. The maximum atomic E-state index is 13.1. The van der Waals surface area contributed by atoms with Crippen LogP contribution in [0.4, 0.5) is 10.1 Å². The van der Waals surface area contributed by atoms with Crippen molar-refractivity contribution in [3.05, 3.63) is 64.9 Å². The van der Waals surface area contributed by atoms with E-state index in [1.165, 1.54) is 30.3 Å². The number of rotatable bonds is 2. The van der Waals surface area contributed by atoms with E-state index >= 15 is 0 Å². The van der Waals surface area contributed by atoms with Gasteiger partial charge in [0.1, 0.15) is 17.4 Å². The summed E-state index contributed by atoms with van der Waals surface area (Å²) in [7, 11) is 0. The van der Waals surface area contributed by atoms with Crippen molar-refractivity contribution in [3.63, 3.8) is 0 Å². The number of nitrogens with zero attached hydrogens (tertiary/aromatic N) is 2. The molecule has 0 radical (unpaired) electrons. The minimum Gasteiger partial charge on any atom is -0.381 e. The molecule has 2 aromatic rings. The van der Waals surface area contributed by atoms with Gasteiger partial charge in [-0.2, -0.15) is 0 Å². The monoisotopic (exact) mass is 344 g/mol. The lowest BCUT2D eigenvalue weighted by Crippen LogP contribution is -2.33. The highest BCUT2D eigenvalue weighted by atomic mass is 35.5. The number of amides is 2. The van der Waals surface area contributed by atoms with Crippen LogP contribution in [-0.2, 0) is 14.4 Å². The molecule has 5 nitrogen and oxygen atoms in total. The summed E-state index contributed by atoms with van der Waals surface area (Å²) in [5, 5.41) is 4.28. The molecule has 1 fully saturated rings. The molecule has 0 bridgehead atoms. The summed E-state index contributed by atoms with van der Waals surface area (Å²) in [4.78, 5) is 31.6. The van der Waals surface area contributed by atoms with Crippen LogP contribution in [0, 0.1) is 11.7 Å². The van der Waals surface area contributed by atoms with Gasteiger partial charge in [-0.05, 0) is 30.3 Å². The first-order valence-electron chi connectivity index (χ1n) is 7.19. The van der Waals surface area contributed by atoms with E-state index in [4.69, 9.17) is 16.4 Å². The molecule has 24 heavy (non-hydrogen) atoms. The van der Waals surface area contributed by atoms with Gasteiger partial charge in [0.05, 0.1) is 5.69 Å². The van der Waals surface area contributed by atoms with E-state index in [-0.39, 0.29) is 0 Å². The van der Waals surface area contributed by atoms with Crippen molar-refractivity contribution in [2.75, 3.05) is 4.90 Å². The largest absolute Gasteiger partial charge is 0.381 e. The Kier molecular flexibility index (Phi) is 3.35. The smallest absolute Gasteiger partial charge is 0.278 e. The third-order valence-electron chi connectivity index (χ3n) is 4.02. The van der Waals surface area contributed by atoms with Crippen molar-refractivity contribution >= 4 is 34.8 Å². The topological polar surface area (TPSA) is 59.0 Å². The third-order valence-corrected chi connectivity index (χ3v) is 4.25. The van der Waals surface area contributed by atoms with E-state index < -0.39 is 29.7 Å². The Bertz CT molecular complexity index is 882. The summed E-state index contributed by atoms with van der Waals surface area (Å²) in [6, 6.07) is 12.0. The quantitative estimate of drug-likeness (QED) is 0.787. The third kappa shape index (κ3) is 2.18. The van der Waals surface area contributed by atoms with E-state index in [2.05, 4.69) is 5.16 Å². The molecule has 0 aliphatic carbocycles. The number of fused-ring (bicyclic) bond motifs is 1. The highest BCUT2D eigenvalue weighted by molar-refractivity contribution is 6.34. The lowest BCUT2D eigenvalue weighted by molar-refractivity contribution is -0.126. The SMILES string of the molecule is O=C1[C@@H]2C(c3ccc(F)cc3)=NO[C@@H]2C(=O)N1c1cccc(Cl)c1. The Morgan fingerprint density at radius 2 is 1.83 bits per heavy atom. The van der Waals surface area contributed by atoms with Gasteiger partial charge in [0.2, 0.25) is 12.0 Å². The second-order valence-electron chi connectivity index (χ2n) is 5.48. The number of carbonyl (C=O) groups excluding carboxylic acids is 2.